The fourth-order valence-corrected chi connectivity index (χ4v) is 4.41. The van der Waals surface area contributed by atoms with Crippen molar-refractivity contribution in [2.24, 2.45) is 0 Å². The molecule has 3 aromatic carbocycles. The highest BCUT2D eigenvalue weighted by Gasteiger charge is 2.17. The van der Waals surface area contributed by atoms with Gasteiger partial charge in [0, 0.05) is 22.0 Å². The first kappa shape index (κ1) is 20.9. The Hall–Kier alpha value is -3.95. The van der Waals surface area contributed by atoms with Gasteiger partial charge >= 0.3 is 0 Å². The smallest absolute Gasteiger partial charge is 0.276 e. The largest absolute Gasteiger partial charge is 0.456 e. The first-order chi connectivity index (χ1) is 15.9. The van der Waals surface area contributed by atoms with Crippen molar-refractivity contribution >= 4 is 43.5 Å². The number of aromatic amines is 1. The fourth-order valence-electron chi connectivity index (χ4n) is 3.63. The number of hydrogen-bond donors (Lipinski definition) is 3. The van der Waals surface area contributed by atoms with Gasteiger partial charge in [0.2, 0.25) is 10.0 Å². The predicted molar refractivity (Wildman–Crippen MR) is 127 cm³/mol. The Morgan fingerprint density at radius 1 is 1.03 bits per heavy atom. The van der Waals surface area contributed by atoms with Crippen molar-refractivity contribution in [2.75, 3.05) is 12.4 Å². The van der Waals surface area contributed by atoms with Gasteiger partial charge in [0.15, 0.2) is 5.69 Å². The lowest BCUT2D eigenvalue weighted by molar-refractivity contribution is 0.102. The van der Waals surface area contributed by atoms with Gasteiger partial charge in [-0.15, -0.1) is 0 Å². The highest BCUT2D eigenvalue weighted by atomic mass is 32.2. The average Bonchev–Trinajstić information content (AvgIpc) is 3.44. The average molecular weight is 461 g/mol. The summed E-state index contributed by atoms with van der Waals surface area (Å²) in [6.45, 7) is 0. The number of furan rings is 1. The molecule has 2 aromatic heterocycles. The van der Waals surface area contributed by atoms with E-state index in [1.54, 1.807) is 24.3 Å². The van der Waals surface area contributed by atoms with Crippen molar-refractivity contribution in [3.63, 3.8) is 0 Å². The third-order valence-corrected chi connectivity index (χ3v) is 6.70. The number of fused-ring (bicyclic) bond motifs is 2. The number of carbonyl (C=O) groups is 1. The zero-order chi connectivity index (χ0) is 23.0. The Bertz CT molecular complexity index is 1550. The van der Waals surface area contributed by atoms with Crippen LogP contribution in [0, 0.1) is 0 Å². The lowest BCUT2D eigenvalue weighted by atomic mass is 10.1. The third kappa shape index (κ3) is 4.23. The molecule has 0 fully saturated rings. The Kier molecular flexibility index (Phi) is 5.20. The van der Waals surface area contributed by atoms with Crippen LogP contribution in [-0.2, 0) is 15.8 Å². The highest BCUT2D eigenvalue weighted by molar-refractivity contribution is 7.88. The fraction of sp³-hybridized carbons (Fsp3) is 0.0833. The summed E-state index contributed by atoms with van der Waals surface area (Å²) in [6, 6.07) is 22.0. The van der Waals surface area contributed by atoms with E-state index >= 15 is 0 Å². The number of benzene rings is 3. The number of H-pyrrole nitrogens is 1. The molecule has 33 heavy (non-hydrogen) atoms. The van der Waals surface area contributed by atoms with E-state index in [0.717, 1.165) is 22.0 Å². The molecule has 5 aromatic rings. The number of anilines is 1. The maximum atomic E-state index is 12.9. The summed E-state index contributed by atoms with van der Waals surface area (Å²) in [5.41, 5.74) is 3.77. The molecular weight excluding hydrogens is 440 g/mol. The summed E-state index contributed by atoms with van der Waals surface area (Å²) in [5, 5.41) is 11.6. The molecule has 0 atom stereocenters. The number of hydrogen-bond acceptors (Lipinski definition) is 5. The van der Waals surface area contributed by atoms with Crippen LogP contribution in [0.2, 0.25) is 0 Å². The van der Waals surface area contributed by atoms with Crippen LogP contribution in [0.4, 0.5) is 5.69 Å². The molecule has 0 saturated heterocycles. The van der Waals surface area contributed by atoms with Crippen LogP contribution >= 0.6 is 0 Å². The molecule has 166 valence electrons. The summed E-state index contributed by atoms with van der Waals surface area (Å²) < 4.78 is 31.6. The van der Waals surface area contributed by atoms with Gasteiger partial charge in [-0.1, -0.05) is 30.3 Å². The number of amides is 1. The summed E-state index contributed by atoms with van der Waals surface area (Å²) >= 11 is 0. The third-order valence-electron chi connectivity index (χ3n) is 5.37. The van der Waals surface area contributed by atoms with Crippen molar-refractivity contribution < 1.29 is 17.6 Å². The van der Waals surface area contributed by atoms with E-state index in [4.69, 9.17) is 4.42 Å². The van der Waals surface area contributed by atoms with E-state index in [1.807, 2.05) is 48.5 Å². The molecule has 0 aliphatic heterocycles. The van der Waals surface area contributed by atoms with Gasteiger partial charge < -0.3 is 9.73 Å². The van der Waals surface area contributed by atoms with E-state index in [2.05, 4.69) is 20.2 Å². The minimum Gasteiger partial charge on any atom is -0.456 e. The first-order valence-corrected chi connectivity index (χ1v) is 11.9. The molecule has 0 aliphatic rings. The monoisotopic (exact) mass is 460 g/mol. The quantitative estimate of drug-likeness (QED) is 0.350. The lowest BCUT2D eigenvalue weighted by Gasteiger charge is -2.06. The molecule has 0 unspecified atom stereocenters. The maximum absolute atomic E-state index is 12.9. The Morgan fingerprint density at radius 2 is 1.82 bits per heavy atom. The second-order valence-corrected chi connectivity index (χ2v) is 9.52. The van der Waals surface area contributed by atoms with E-state index in [9.17, 15) is 13.2 Å². The van der Waals surface area contributed by atoms with Crippen molar-refractivity contribution in [1.29, 1.82) is 0 Å². The standard InChI is InChI=1S/C24H20N4O4S/c1-25-33(30,31)14-15-6-9-18(10-7-15)26-24(29)23-19-12-17(8-11-20(19)27-28-23)22-13-16-4-2-3-5-21(16)32-22/h2-13,25H,14H2,1H3,(H,26,29)(H,27,28). The normalized spacial score (nSPS) is 11.8. The molecular formula is C24H20N4O4S. The van der Waals surface area contributed by atoms with Gasteiger partial charge in [-0.3, -0.25) is 9.89 Å². The topological polar surface area (TPSA) is 117 Å². The number of rotatable bonds is 6. The van der Waals surface area contributed by atoms with Crippen LogP contribution in [0.3, 0.4) is 0 Å². The van der Waals surface area contributed by atoms with Gasteiger partial charge in [0.05, 0.1) is 11.3 Å². The van der Waals surface area contributed by atoms with Crippen LogP contribution in [-0.4, -0.2) is 31.6 Å². The Balaban J connectivity index is 1.40. The number of carbonyl (C=O) groups excluding carboxylic acids is 1. The van der Waals surface area contributed by atoms with Crippen LogP contribution in [0.5, 0.6) is 0 Å². The van der Waals surface area contributed by atoms with E-state index in [0.29, 0.717) is 22.4 Å². The minimum atomic E-state index is -3.36. The number of nitrogens with one attached hydrogen (secondary N) is 3. The van der Waals surface area contributed by atoms with E-state index in [1.165, 1.54) is 7.05 Å². The molecule has 8 nitrogen and oxygen atoms in total. The van der Waals surface area contributed by atoms with Gasteiger partial charge in [-0.25, -0.2) is 13.1 Å². The molecule has 9 heteroatoms. The Morgan fingerprint density at radius 3 is 2.58 bits per heavy atom. The van der Waals surface area contributed by atoms with E-state index < -0.39 is 10.0 Å². The summed E-state index contributed by atoms with van der Waals surface area (Å²) in [7, 11) is -1.99. The molecule has 0 radical (unpaired) electrons. The molecule has 1 amide bonds. The number of aromatic nitrogens is 2. The van der Waals surface area contributed by atoms with Crippen LogP contribution < -0.4 is 10.0 Å². The second-order valence-electron chi connectivity index (χ2n) is 7.60. The van der Waals surface area contributed by atoms with Crippen LogP contribution in [0.25, 0.3) is 33.2 Å². The van der Waals surface area contributed by atoms with Crippen molar-refractivity contribution in [1.82, 2.24) is 14.9 Å². The van der Waals surface area contributed by atoms with Crippen molar-refractivity contribution in [3.05, 3.63) is 84.1 Å². The number of nitrogens with zero attached hydrogens (tertiary/aromatic N) is 1. The Labute approximate surface area is 189 Å². The number of sulfonamides is 1. The summed E-state index contributed by atoms with van der Waals surface area (Å²) in [5.74, 6) is 0.197. The van der Waals surface area contributed by atoms with Gasteiger partial charge in [0.1, 0.15) is 11.3 Å². The molecule has 0 spiro atoms. The van der Waals surface area contributed by atoms with Gasteiger partial charge in [0.25, 0.3) is 5.91 Å². The van der Waals surface area contributed by atoms with Crippen molar-refractivity contribution in [3.8, 4) is 11.3 Å². The predicted octanol–water partition coefficient (Wildman–Crippen LogP) is 4.28. The van der Waals surface area contributed by atoms with Crippen LogP contribution in [0.1, 0.15) is 16.1 Å². The number of para-hydroxylation sites is 1. The minimum absolute atomic E-state index is 0.133. The molecule has 5 rings (SSSR count). The van der Waals surface area contributed by atoms with E-state index in [-0.39, 0.29) is 17.4 Å². The second kappa shape index (κ2) is 8.19. The van der Waals surface area contributed by atoms with Crippen LogP contribution in [0.15, 0.2) is 77.2 Å². The SMILES string of the molecule is CNS(=O)(=O)Cc1ccc(NC(=O)c2n[nH]c3ccc(-c4cc5ccccc5o4)cc23)cc1. The first-order valence-electron chi connectivity index (χ1n) is 10.2. The molecule has 3 N–H and O–H groups in total. The van der Waals surface area contributed by atoms with Gasteiger partial charge in [-0.2, -0.15) is 5.10 Å². The maximum Gasteiger partial charge on any atom is 0.276 e. The zero-order valence-corrected chi connectivity index (χ0v) is 18.4. The lowest BCUT2D eigenvalue weighted by Crippen LogP contribution is -2.20. The molecule has 2 heterocycles. The highest BCUT2D eigenvalue weighted by Crippen LogP contribution is 2.30. The summed E-state index contributed by atoms with van der Waals surface area (Å²) in [4.78, 5) is 12.9. The van der Waals surface area contributed by atoms with Crippen molar-refractivity contribution in [2.45, 2.75) is 5.75 Å². The molecule has 0 aliphatic carbocycles. The molecule has 0 bridgehead atoms. The summed E-state index contributed by atoms with van der Waals surface area (Å²) in [6.07, 6.45) is 0. The van der Waals surface area contributed by atoms with Gasteiger partial charge in [-0.05, 0) is 55.1 Å². The zero-order valence-electron chi connectivity index (χ0n) is 17.6. The molecule has 0 saturated carbocycles.